The molecule has 1 aromatic rings. The highest BCUT2D eigenvalue weighted by molar-refractivity contribution is 7.19. The van der Waals surface area contributed by atoms with E-state index in [9.17, 15) is 14.7 Å². The predicted molar refractivity (Wildman–Crippen MR) is 83.0 cm³/mol. The van der Waals surface area contributed by atoms with Gasteiger partial charge in [-0.15, -0.1) is 11.3 Å². The second-order valence-corrected chi connectivity index (χ2v) is 5.92. The van der Waals surface area contributed by atoms with Crippen LogP contribution in [0.2, 0.25) is 0 Å². The number of carbonyl (C=O) groups is 2. The average Bonchev–Trinajstić information content (AvgIpc) is 2.83. The number of rotatable bonds is 3. The lowest BCUT2D eigenvalue weighted by Gasteiger charge is -2.31. The topological polar surface area (TPSA) is 108 Å². The van der Waals surface area contributed by atoms with Gasteiger partial charge in [-0.2, -0.15) is 0 Å². The molecule has 116 valence electrons. The molecule has 1 unspecified atom stereocenters. The van der Waals surface area contributed by atoms with E-state index in [0.717, 1.165) is 19.4 Å². The zero-order valence-electron chi connectivity index (χ0n) is 12.1. The standard InChI is InChI=1S/C13H20N4O3S/c1-15-11(19)8-9(14)10(12(20)16-2)21-13(8)17-5-3-4-7(18)6-17/h7,18H,3-6,14H2,1-2H3,(H,15,19)(H,16,20). The summed E-state index contributed by atoms with van der Waals surface area (Å²) >= 11 is 1.19. The third-order valence-electron chi connectivity index (χ3n) is 3.50. The summed E-state index contributed by atoms with van der Waals surface area (Å²) in [7, 11) is 3.04. The van der Waals surface area contributed by atoms with Crippen LogP contribution in [0.15, 0.2) is 0 Å². The number of aliphatic hydroxyl groups excluding tert-OH is 1. The second kappa shape index (κ2) is 6.31. The third kappa shape index (κ3) is 2.96. The Bertz CT molecular complexity index is 558. The number of nitrogen functional groups attached to an aromatic ring is 1. The average molecular weight is 312 g/mol. The van der Waals surface area contributed by atoms with Gasteiger partial charge < -0.3 is 26.4 Å². The van der Waals surface area contributed by atoms with Crippen molar-refractivity contribution in [3.05, 3.63) is 10.4 Å². The van der Waals surface area contributed by atoms with Crippen LogP contribution in [0, 0.1) is 0 Å². The molecule has 7 nitrogen and oxygen atoms in total. The number of anilines is 2. The van der Waals surface area contributed by atoms with Gasteiger partial charge in [-0.25, -0.2) is 0 Å². The summed E-state index contributed by atoms with van der Waals surface area (Å²) in [6.45, 7) is 1.17. The summed E-state index contributed by atoms with van der Waals surface area (Å²) < 4.78 is 0. The number of nitrogens with two attached hydrogens (primary N) is 1. The minimum Gasteiger partial charge on any atom is -0.397 e. The number of nitrogens with zero attached hydrogens (tertiary/aromatic N) is 1. The van der Waals surface area contributed by atoms with Gasteiger partial charge in [0.05, 0.1) is 17.4 Å². The summed E-state index contributed by atoms with van der Waals surface area (Å²) in [6, 6.07) is 0. The minimum atomic E-state index is -0.428. The lowest BCUT2D eigenvalue weighted by Crippen LogP contribution is -2.38. The third-order valence-corrected chi connectivity index (χ3v) is 4.76. The molecule has 0 bridgehead atoms. The first kappa shape index (κ1) is 15.6. The second-order valence-electron chi connectivity index (χ2n) is 4.93. The summed E-state index contributed by atoms with van der Waals surface area (Å²) in [5.41, 5.74) is 6.50. The van der Waals surface area contributed by atoms with Crippen molar-refractivity contribution < 1.29 is 14.7 Å². The SMILES string of the molecule is CNC(=O)c1sc(N2CCCC(O)C2)c(C(=O)NC)c1N. The molecular weight excluding hydrogens is 292 g/mol. The van der Waals surface area contributed by atoms with Crippen LogP contribution >= 0.6 is 11.3 Å². The van der Waals surface area contributed by atoms with E-state index in [0.29, 0.717) is 22.0 Å². The van der Waals surface area contributed by atoms with Gasteiger partial charge >= 0.3 is 0 Å². The fraction of sp³-hybridized carbons (Fsp3) is 0.538. The molecular formula is C13H20N4O3S. The smallest absolute Gasteiger partial charge is 0.263 e. The van der Waals surface area contributed by atoms with Crippen molar-refractivity contribution in [2.24, 2.45) is 0 Å². The van der Waals surface area contributed by atoms with Gasteiger partial charge in [0, 0.05) is 27.2 Å². The van der Waals surface area contributed by atoms with Crippen molar-refractivity contribution in [3.63, 3.8) is 0 Å². The van der Waals surface area contributed by atoms with Crippen LogP contribution < -0.4 is 21.3 Å². The molecule has 1 aliphatic rings. The normalized spacial score (nSPS) is 18.4. The monoisotopic (exact) mass is 312 g/mol. The number of nitrogens with one attached hydrogen (secondary N) is 2. The van der Waals surface area contributed by atoms with Crippen LogP contribution in [0.4, 0.5) is 10.7 Å². The van der Waals surface area contributed by atoms with Crippen LogP contribution in [0.1, 0.15) is 32.9 Å². The lowest BCUT2D eigenvalue weighted by atomic mass is 10.1. The number of aliphatic hydroxyl groups is 1. The number of piperidine rings is 1. The molecule has 1 saturated heterocycles. The van der Waals surface area contributed by atoms with Crippen LogP contribution in [-0.4, -0.2) is 50.2 Å². The number of hydrogen-bond donors (Lipinski definition) is 4. The lowest BCUT2D eigenvalue weighted by molar-refractivity contribution is 0.0962. The summed E-state index contributed by atoms with van der Waals surface area (Å²) in [4.78, 5) is 26.2. The molecule has 8 heteroatoms. The molecule has 21 heavy (non-hydrogen) atoms. The Balaban J connectivity index is 2.47. The van der Waals surface area contributed by atoms with Gasteiger partial charge in [0.2, 0.25) is 0 Å². The van der Waals surface area contributed by atoms with Gasteiger partial charge in [0.1, 0.15) is 9.88 Å². The van der Waals surface area contributed by atoms with E-state index in [4.69, 9.17) is 5.73 Å². The summed E-state index contributed by atoms with van der Waals surface area (Å²) in [5.74, 6) is -0.638. The molecule has 0 radical (unpaired) electrons. The van der Waals surface area contributed by atoms with E-state index in [-0.39, 0.29) is 17.5 Å². The van der Waals surface area contributed by atoms with Crippen LogP contribution in [-0.2, 0) is 0 Å². The quantitative estimate of drug-likeness (QED) is 0.629. The molecule has 0 aliphatic carbocycles. The highest BCUT2D eigenvalue weighted by Crippen LogP contribution is 2.39. The fourth-order valence-electron chi connectivity index (χ4n) is 2.42. The van der Waals surface area contributed by atoms with Crippen molar-refractivity contribution in [1.29, 1.82) is 0 Å². The van der Waals surface area contributed by atoms with E-state index in [1.165, 1.54) is 25.4 Å². The van der Waals surface area contributed by atoms with Crippen LogP contribution in [0.3, 0.4) is 0 Å². The maximum Gasteiger partial charge on any atom is 0.263 e. The summed E-state index contributed by atoms with van der Waals surface area (Å²) in [5, 5.41) is 15.5. The number of amides is 2. The van der Waals surface area contributed by atoms with Gasteiger partial charge in [0.15, 0.2) is 0 Å². The number of β-amino-alcohol motifs (C(OH)–C–C–N with tert-alkyl or cyclic N) is 1. The molecule has 5 N–H and O–H groups in total. The summed E-state index contributed by atoms with van der Waals surface area (Å²) in [6.07, 6.45) is 1.15. The van der Waals surface area contributed by atoms with Crippen molar-refractivity contribution >= 4 is 33.8 Å². The Morgan fingerprint density at radius 2 is 2.00 bits per heavy atom. The van der Waals surface area contributed by atoms with Gasteiger partial charge in [-0.3, -0.25) is 9.59 Å². The highest BCUT2D eigenvalue weighted by Gasteiger charge is 2.29. The largest absolute Gasteiger partial charge is 0.397 e. The van der Waals surface area contributed by atoms with Crippen molar-refractivity contribution in [2.75, 3.05) is 37.8 Å². The van der Waals surface area contributed by atoms with Gasteiger partial charge in [-0.05, 0) is 12.8 Å². The van der Waals surface area contributed by atoms with Crippen molar-refractivity contribution in [1.82, 2.24) is 10.6 Å². The number of hydrogen-bond acceptors (Lipinski definition) is 6. The van der Waals surface area contributed by atoms with Crippen molar-refractivity contribution in [2.45, 2.75) is 18.9 Å². The molecule has 1 fully saturated rings. The number of carbonyl (C=O) groups excluding carboxylic acids is 2. The van der Waals surface area contributed by atoms with E-state index >= 15 is 0 Å². The van der Waals surface area contributed by atoms with Gasteiger partial charge in [-0.1, -0.05) is 0 Å². The first-order chi connectivity index (χ1) is 9.99. The molecule has 2 heterocycles. The maximum absolute atomic E-state index is 12.1. The molecule has 2 amide bonds. The van der Waals surface area contributed by atoms with E-state index in [1.807, 2.05) is 4.90 Å². The zero-order chi connectivity index (χ0) is 15.6. The minimum absolute atomic E-state index is 0.189. The number of thiophene rings is 1. The Labute approximate surface area is 127 Å². The molecule has 1 atom stereocenters. The fourth-order valence-corrected chi connectivity index (χ4v) is 3.62. The van der Waals surface area contributed by atoms with Gasteiger partial charge in [0.25, 0.3) is 11.8 Å². The molecule has 0 aromatic carbocycles. The highest BCUT2D eigenvalue weighted by atomic mass is 32.1. The molecule has 1 aliphatic heterocycles. The van der Waals surface area contributed by atoms with Crippen LogP contribution in [0.5, 0.6) is 0 Å². The molecule has 0 spiro atoms. The Kier molecular flexibility index (Phi) is 4.69. The predicted octanol–water partition coefficient (Wildman–Crippen LogP) is 0.0106. The first-order valence-corrected chi connectivity index (χ1v) is 7.60. The zero-order valence-corrected chi connectivity index (χ0v) is 12.9. The van der Waals surface area contributed by atoms with E-state index < -0.39 is 6.10 Å². The molecule has 0 saturated carbocycles. The van der Waals surface area contributed by atoms with E-state index in [2.05, 4.69) is 10.6 Å². The Morgan fingerprint density at radius 1 is 1.33 bits per heavy atom. The molecule has 1 aromatic heterocycles. The molecule has 2 rings (SSSR count). The first-order valence-electron chi connectivity index (χ1n) is 6.79. The maximum atomic E-state index is 12.1. The van der Waals surface area contributed by atoms with Crippen LogP contribution in [0.25, 0.3) is 0 Å². The van der Waals surface area contributed by atoms with Crippen molar-refractivity contribution in [3.8, 4) is 0 Å². The Hall–Kier alpha value is -1.80. The Morgan fingerprint density at radius 3 is 2.57 bits per heavy atom. The van der Waals surface area contributed by atoms with E-state index in [1.54, 1.807) is 0 Å².